The number of ether oxygens (including phenoxy) is 2. The van der Waals surface area contributed by atoms with Gasteiger partial charge in [0.1, 0.15) is 0 Å². The topological polar surface area (TPSA) is 18.5 Å². The molecule has 1 rings (SSSR count). The molecular weight excluding hydrogens is 212 g/mol. The molecule has 0 aliphatic carbocycles. The second-order valence-corrected chi connectivity index (χ2v) is 4.59. The molecule has 1 fully saturated rings. The van der Waals surface area contributed by atoms with Gasteiger partial charge in [0.25, 0.3) is 0 Å². The van der Waals surface area contributed by atoms with E-state index in [1.54, 1.807) is 0 Å². The molecule has 0 N–H and O–H groups in total. The second-order valence-electron chi connectivity index (χ2n) is 4.21. The lowest BCUT2D eigenvalue weighted by Crippen LogP contribution is -2.24. The van der Waals surface area contributed by atoms with Gasteiger partial charge in [-0.15, -0.1) is 11.6 Å². The van der Waals surface area contributed by atoms with E-state index in [2.05, 4.69) is 13.0 Å². The molecule has 0 amide bonds. The summed E-state index contributed by atoms with van der Waals surface area (Å²) in [5, 5.41) is 0. The van der Waals surface area contributed by atoms with Crippen LogP contribution in [0.3, 0.4) is 0 Å². The Kier molecular flexibility index (Phi) is 5.65. The Labute approximate surface area is 97.6 Å². The number of hydrogen-bond donors (Lipinski definition) is 0. The maximum absolute atomic E-state index is 5.64. The Morgan fingerprint density at radius 2 is 2.07 bits per heavy atom. The number of allylic oxidation sites excluding steroid dienone is 2. The summed E-state index contributed by atoms with van der Waals surface area (Å²) in [6, 6.07) is 0. The van der Waals surface area contributed by atoms with Crippen molar-refractivity contribution in [2.24, 2.45) is 0 Å². The summed E-state index contributed by atoms with van der Waals surface area (Å²) in [6.07, 6.45) is 6.38. The molecule has 0 unspecified atom stereocenters. The first kappa shape index (κ1) is 13.0. The average Bonchev–Trinajstić information content (AvgIpc) is 2.62. The molecule has 1 heterocycles. The minimum absolute atomic E-state index is 0.344. The molecule has 0 radical (unpaired) electrons. The second kappa shape index (κ2) is 6.51. The van der Waals surface area contributed by atoms with Gasteiger partial charge in [-0.1, -0.05) is 11.6 Å². The summed E-state index contributed by atoms with van der Waals surface area (Å²) in [4.78, 5) is 0. The third kappa shape index (κ3) is 5.01. The Balaban J connectivity index is 2.19. The van der Waals surface area contributed by atoms with Crippen molar-refractivity contribution < 1.29 is 9.47 Å². The van der Waals surface area contributed by atoms with E-state index < -0.39 is 0 Å². The van der Waals surface area contributed by atoms with E-state index in [0.29, 0.717) is 0 Å². The lowest BCUT2D eigenvalue weighted by Gasteiger charge is -2.21. The molecule has 0 aromatic heterocycles. The van der Waals surface area contributed by atoms with Gasteiger partial charge in [-0.3, -0.25) is 0 Å². The molecular formula is C12H21ClO2. The summed E-state index contributed by atoms with van der Waals surface area (Å²) in [5.74, 6) is 0.401. The number of halogens is 1. The molecule has 1 aliphatic rings. The van der Waals surface area contributed by atoms with E-state index in [4.69, 9.17) is 21.1 Å². The smallest absolute Gasteiger partial charge is 0.166 e. The summed E-state index contributed by atoms with van der Waals surface area (Å²) < 4.78 is 11.1. The minimum Gasteiger partial charge on any atom is -0.348 e. The van der Waals surface area contributed by atoms with E-state index in [9.17, 15) is 0 Å². The Bertz CT molecular complexity index is 208. The molecule has 0 saturated carbocycles. The highest BCUT2D eigenvalue weighted by Gasteiger charge is 2.29. The van der Waals surface area contributed by atoms with Crippen molar-refractivity contribution in [1.82, 2.24) is 0 Å². The van der Waals surface area contributed by atoms with Gasteiger partial charge in [0.2, 0.25) is 0 Å². The largest absolute Gasteiger partial charge is 0.348 e. The molecule has 0 aromatic rings. The van der Waals surface area contributed by atoms with Crippen molar-refractivity contribution in [3.8, 4) is 0 Å². The van der Waals surface area contributed by atoms with Gasteiger partial charge in [0, 0.05) is 12.3 Å². The lowest BCUT2D eigenvalue weighted by atomic mass is 10.1. The van der Waals surface area contributed by atoms with Gasteiger partial charge in [0.15, 0.2) is 5.79 Å². The van der Waals surface area contributed by atoms with E-state index in [-0.39, 0.29) is 5.79 Å². The third-order valence-electron chi connectivity index (χ3n) is 2.69. The van der Waals surface area contributed by atoms with Crippen LogP contribution in [-0.2, 0) is 9.47 Å². The summed E-state index contributed by atoms with van der Waals surface area (Å²) in [5.41, 5.74) is 1.41. The maximum Gasteiger partial charge on any atom is 0.166 e. The molecule has 15 heavy (non-hydrogen) atoms. The fraction of sp³-hybridized carbons (Fsp3) is 0.833. The fourth-order valence-electron chi connectivity index (χ4n) is 1.73. The average molecular weight is 233 g/mol. The van der Waals surface area contributed by atoms with Crippen LogP contribution >= 0.6 is 11.6 Å². The summed E-state index contributed by atoms with van der Waals surface area (Å²) in [7, 11) is 0. The molecule has 2 nitrogen and oxygen atoms in total. The molecule has 1 aliphatic heterocycles. The zero-order valence-corrected chi connectivity index (χ0v) is 10.5. The van der Waals surface area contributed by atoms with Crippen molar-refractivity contribution in [3.63, 3.8) is 0 Å². The van der Waals surface area contributed by atoms with E-state index >= 15 is 0 Å². The maximum atomic E-state index is 5.64. The van der Waals surface area contributed by atoms with Crippen LogP contribution in [0.2, 0.25) is 0 Å². The van der Waals surface area contributed by atoms with Crippen LogP contribution in [0.1, 0.15) is 39.5 Å². The van der Waals surface area contributed by atoms with Gasteiger partial charge in [-0.2, -0.15) is 0 Å². The first-order chi connectivity index (χ1) is 7.16. The highest BCUT2D eigenvalue weighted by atomic mass is 35.5. The van der Waals surface area contributed by atoms with Crippen LogP contribution in [0.5, 0.6) is 0 Å². The molecule has 88 valence electrons. The first-order valence-corrected chi connectivity index (χ1v) is 6.19. The highest BCUT2D eigenvalue weighted by Crippen LogP contribution is 2.24. The standard InChI is InChI=1S/C12H21ClO2/c1-11(6-4-8-13)5-3-7-12(2)14-9-10-15-12/h5H,3-4,6-10H2,1-2H3/b11-5+. The van der Waals surface area contributed by atoms with Crippen molar-refractivity contribution >= 4 is 11.6 Å². The van der Waals surface area contributed by atoms with E-state index in [1.165, 1.54) is 5.57 Å². The zero-order chi connectivity index (χ0) is 11.1. The predicted octanol–water partition coefficient (Wildman–Crippen LogP) is 3.49. The van der Waals surface area contributed by atoms with E-state index in [1.807, 2.05) is 6.92 Å². The molecule has 3 heteroatoms. The van der Waals surface area contributed by atoms with Crippen molar-refractivity contribution in [1.29, 1.82) is 0 Å². The van der Waals surface area contributed by atoms with Crippen LogP contribution in [0.15, 0.2) is 11.6 Å². The third-order valence-corrected chi connectivity index (χ3v) is 2.96. The van der Waals surface area contributed by atoms with Gasteiger partial charge in [0.05, 0.1) is 13.2 Å². The Morgan fingerprint density at radius 1 is 1.40 bits per heavy atom. The SMILES string of the molecule is C/C(=C\CCC1(C)OCCO1)CCCCl. The van der Waals surface area contributed by atoms with Gasteiger partial charge < -0.3 is 9.47 Å². The highest BCUT2D eigenvalue weighted by molar-refractivity contribution is 6.17. The Morgan fingerprint density at radius 3 is 2.67 bits per heavy atom. The Hall–Kier alpha value is -0.0500. The van der Waals surface area contributed by atoms with Crippen LogP contribution in [0.4, 0.5) is 0 Å². The van der Waals surface area contributed by atoms with Crippen LogP contribution in [-0.4, -0.2) is 24.9 Å². The van der Waals surface area contributed by atoms with Crippen LogP contribution < -0.4 is 0 Å². The van der Waals surface area contributed by atoms with Crippen LogP contribution in [0, 0.1) is 0 Å². The molecule has 0 bridgehead atoms. The number of alkyl halides is 1. The van der Waals surface area contributed by atoms with Crippen molar-refractivity contribution in [2.75, 3.05) is 19.1 Å². The monoisotopic (exact) mass is 232 g/mol. The first-order valence-electron chi connectivity index (χ1n) is 5.66. The normalized spacial score (nSPS) is 20.9. The van der Waals surface area contributed by atoms with Gasteiger partial charge in [-0.05, 0) is 33.1 Å². The summed E-state index contributed by atoms with van der Waals surface area (Å²) in [6.45, 7) is 5.63. The quantitative estimate of drug-likeness (QED) is 0.516. The molecule has 0 aromatic carbocycles. The summed E-state index contributed by atoms with van der Waals surface area (Å²) >= 11 is 5.64. The van der Waals surface area contributed by atoms with Gasteiger partial charge in [-0.25, -0.2) is 0 Å². The van der Waals surface area contributed by atoms with E-state index in [0.717, 1.165) is 44.8 Å². The zero-order valence-electron chi connectivity index (χ0n) is 9.72. The predicted molar refractivity (Wildman–Crippen MR) is 63.3 cm³/mol. The van der Waals surface area contributed by atoms with Crippen molar-refractivity contribution in [3.05, 3.63) is 11.6 Å². The number of rotatable bonds is 6. The number of hydrogen-bond acceptors (Lipinski definition) is 2. The minimum atomic E-state index is -0.344. The molecule has 0 atom stereocenters. The van der Waals surface area contributed by atoms with Crippen molar-refractivity contribution in [2.45, 2.75) is 45.3 Å². The fourth-order valence-corrected chi connectivity index (χ4v) is 1.86. The molecule has 0 spiro atoms. The van der Waals surface area contributed by atoms with Gasteiger partial charge >= 0.3 is 0 Å². The lowest BCUT2D eigenvalue weighted by molar-refractivity contribution is -0.145. The van der Waals surface area contributed by atoms with Crippen LogP contribution in [0.25, 0.3) is 0 Å². The molecule has 1 saturated heterocycles.